The Kier molecular flexibility index (Phi) is 2.27. The van der Waals surface area contributed by atoms with Crippen molar-refractivity contribution in [3.63, 3.8) is 0 Å². The van der Waals surface area contributed by atoms with Gasteiger partial charge in [0.05, 0.1) is 0 Å². The van der Waals surface area contributed by atoms with Gasteiger partial charge in [-0.2, -0.15) is 0 Å². The summed E-state index contributed by atoms with van der Waals surface area (Å²) in [6.45, 7) is 3.78. The van der Waals surface area contributed by atoms with Crippen LogP contribution >= 0.6 is 0 Å². The van der Waals surface area contributed by atoms with Crippen LogP contribution in [0.25, 0.3) is 0 Å². The predicted molar refractivity (Wildman–Crippen MR) is 31.4 cm³/mol. The zero-order valence-electron chi connectivity index (χ0n) is 4.86. The third-order valence-corrected chi connectivity index (χ3v) is 0.887. The van der Waals surface area contributed by atoms with E-state index in [0.717, 1.165) is 17.8 Å². The van der Waals surface area contributed by atoms with Crippen molar-refractivity contribution < 1.29 is 0 Å². The lowest BCUT2D eigenvalue weighted by Gasteiger charge is -1.95. The van der Waals surface area contributed by atoms with Crippen LogP contribution < -0.4 is 11.5 Å². The summed E-state index contributed by atoms with van der Waals surface area (Å²) in [4.78, 5) is 0. The van der Waals surface area contributed by atoms with Gasteiger partial charge in [0, 0.05) is 11.4 Å². The summed E-state index contributed by atoms with van der Waals surface area (Å²) in [6, 6.07) is 0. The van der Waals surface area contributed by atoms with E-state index in [-0.39, 0.29) is 0 Å². The quantitative estimate of drug-likeness (QED) is 0.505. The number of hydrogen-bond donors (Lipinski definition) is 2. The topological polar surface area (TPSA) is 52.0 Å². The molecule has 0 unspecified atom stereocenters. The zero-order chi connectivity index (χ0) is 5.86. The van der Waals surface area contributed by atoms with E-state index in [1.165, 1.54) is 0 Å². The van der Waals surface area contributed by atoms with E-state index in [1.54, 1.807) is 6.92 Å². The Morgan fingerprint density at radius 2 is 1.86 bits per heavy atom. The summed E-state index contributed by atoms with van der Waals surface area (Å²) >= 11 is 0. The van der Waals surface area contributed by atoms with Gasteiger partial charge in [0.25, 0.3) is 0 Å². The number of allylic oxidation sites excluding steroid dienone is 2. The van der Waals surface area contributed by atoms with Crippen LogP contribution in [-0.2, 0) is 0 Å². The van der Waals surface area contributed by atoms with E-state index in [0.29, 0.717) is 0 Å². The standard InChI is InChI=1S/C5H12N2/c1-3-5(7)4(2)6/h3,6-7H2,1-2H3/b5-4-. The molecule has 0 aliphatic heterocycles. The molecule has 4 N–H and O–H groups in total. The molecule has 2 heteroatoms. The van der Waals surface area contributed by atoms with Crippen LogP contribution in [0.3, 0.4) is 0 Å². The first-order valence-electron chi connectivity index (χ1n) is 2.39. The maximum atomic E-state index is 5.37. The lowest BCUT2D eigenvalue weighted by Crippen LogP contribution is -2.04. The fourth-order valence-electron chi connectivity index (χ4n) is 0.279. The highest BCUT2D eigenvalue weighted by molar-refractivity contribution is 5.02. The highest BCUT2D eigenvalue weighted by atomic mass is 14.7. The van der Waals surface area contributed by atoms with Crippen molar-refractivity contribution in [1.82, 2.24) is 0 Å². The van der Waals surface area contributed by atoms with E-state index < -0.39 is 0 Å². The molecule has 0 saturated carbocycles. The summed E-state index contributed by atoms with van der Waals surface area (Å²) in [5, 5.41) is 0. The number of rotatable bonds is 1. The van der Waals surface area contributed by atoms with Crippen LogP contribution in [0.5, 0.6) is 0 Å². The fourth-order valence-corrected chi connectivity index (χ4v) is 0.279. The lowest BCUT2D eigenvalue weighted by molar-refractivity contribution is 1.01. The molecule has 2 nitrogen and oxygen atoms in total. The van der Waals surface area contributed by atoms with E-state index >= 15 is 0 Å². The molecule has 0 saturated heterocycles. The van der Waals surface area contributed by atoms with Gasteiger partial charge in [-0.1, -0.05) is 6.92 Å². The van der Waals surface area contributed by atoms with E-state index in [4.69, 9.17) is 11.5 Å². The molecule has 0 bridgehead atoms. The SMILES string of the molecule is CC/C(N)=C(\C)N. The van der Waals surface area contributed by atoms with E-state index in [2.05, 4.69) is 0 Å². The first-order valence-corrected chi connectivity index (χ1v) is 2.39. The van der Waals surface area contributed by atoms with Gasteiger partial charge in [-0.25, -0.2) is 0 Å². The Morgan fingerprint density at radius 3 is 1.86 bits per heavy atom. The van der Waals surface area contributed by atoms with Crippen LogP contribution in [0, 0.1) is 0 Å². The largest absolute Gasteiger partial charge is 0.401 e. The Hall–Kier alpha value is -0.660. The maximum Gasteiger partial charge on any atom is 0.0265 e. The van der Waals surface area contributed by atoms with Gasteiger partial charge in [0.1, 0.15) is 0 Å². The molecule has 0 fully saturated rings. The van der Waals surface area contributed by atoms with E-state index in [1.807, 2.05) is 6.92 Å². The van der Waals surface area contributed by atoms with Gasteiger partial charge in [0.15, 0.2) is 0 Å². The Morgan fingerprint density at radius 1 is 1.43 bits per heavy atom. The van der Waals surface area contributed by atoms with Crippen LogP contribution in [-0.4, -0.2) is 0 Å². The summed E-state index contributed by atoms with van der Waals surface area (Å²) in [7, 11) is 0. The van der Waals surface area contributed by atoms with Gasteiger partial charge < -0.3 is 11.5 Å². The molecule has 0 amide bonds. The van der Waals surface area contributed by atoms with Gasteiger partial charge in [-0.15, -0.1) is 0 Å². The van der Waals surface area contributed by atoms with Gasteiger partial charge in [-0.3, -0.25) is 0 Å². The summed E-state index contributed by atoms with van der Waals surface area (Å²) in [6.07, 6.45) is 0.850. The highest BCUT2D eigenvalue weighted by Gasteiger charge is 1.84. The van der Waals surface area contributed by atoms with Crippen LogP contribution in [0.2, 0.25) is 0 Å². The highest BCUT2D eigenvalue weighted by Crippen LogP contribution is 1.92. The molecule has 0 aliphatic carbocycles. The molecular formula is C5H12N2. The van der Waals surface area contributed by atoms with Crippen molar-refractivity contribution in [1.29, 1.82) is 0 Å². The molecule has 0 rings (SSSR count). The Balaban J connectivity index is 3.72. The summed E-state index contributed by atoms with van der Waals surface area (Å²) in [5.41, 5.74) is 12.2. The third kappa shape index (κ3) is 2.09. The molecule has 0 atom stereocenters. The average molecular weight is 100 g/mol. The molecular weight excluding hydrogens is 88.1 g/mol. The minimum Gasteiger partial charge on any atom is -0.401 e. The maximum absolute atomic E-state index is 5.37. The number of hydrogen-bond acceptors (Lipinski definition) is 2. The van der Waals surface area contributed by atoms with Crippen molar-refractivity contribution in [2.24, 2.45) is 11.5 Å². The van der Waals surface area contributed by atoms with Crippen molar-refractivity contribution in [2.75, 3.05) is 0 Å². The van der Waals surface area contributed by atoms with Gasteiger partial charge >= 0.3 is 0 Å². The predicted octanol–water partition coefficient (Wildman–Crippen LogP) is 0.545. The lowest BCUT2D eigenvalue weighted by atomic mass is 10.3. The van der Waals surface area contributed by atoms with Crippen LogP contribution in [0.4, 0.5) is 0 Å². The molecule has 7 heavy (non-hydrogen) atoms. The molecule has 0 aromatic rings. The van der Waals surface area contributed by atoms with Crippen molar-refractivity contribution >= 4 is 0 Å². The Bertz CT molecular complexity index is 80.1. The second kappa shape index (κ2) is 2.50. The van der Waals surface area contributed by atoms with Gasteiger partial charge in [0.2, 0.25) is 0 Å². The first-order chi connectivity index (χ1) is 3.18. The monoisotopic (exact) mass is 100 g/mol. The summed E-state index contributed by atoms with van der Waals surface area (Å²) in [5.74, 6) is 0. The van der Waals surface area contributed by atoms with Gasteiger partial charge in [-0.05, 0) is 13.3 Å². The van der Waals surface area contributed by atoms with Crippen molar-refractivity contribution in [3.05, 3.63) is 11.4 Å². The average Bonchev–Trinajstić information content (AvgIpc) is 1.65. The molecule has 0 spiro atoms. The molecule has 42 valence electrons. The molecule has 0 aromatic heterocycles. The van der Waals surface area contributed by atoms with E-state index in [9.17, 15) is 0 Å². The van der Waals surface area contributed by atoms with Crippen molar-refractivity contribution in [3.8, 4) is 0 Å². The zero-order valence-corrected chi connectivity index (χ0v) is 4.86. The normalized spacial score (nSPS) is 13.4. The first kappa shape index (κ1) is 6.34. The fraction of sp³-hybridized carbons (Fsp3) is 0.600. The smallest absolute Gasteiger partial charge is 0.0265 e. The molecule has 0 radical (unpaired) electrons. The number of nitrogens with two attached hydrogens (primary N) is 2. The molecule has 0 heterocycles. The second-order valence-electron chi connectivity index (χ2n) is 1.56. The minimum absolute atomic E-state index is 0.738. The van der Waals surface area contributed by atoms with Crippen molar-refractivity contribution in [2.45, 2.75) is 20.3 Å². The molecule has 0 aliphatic rings. The van der Waals surface area contributed by atoms with Crippen LogP contribution in [0.1, 0.15) is 20.3 Å². The Labute approximate surface area is 44.2 Å². The second-order valence-corrected chi connectivity index (χ2v) is 1.56. The van der Waals surface area contributed by atoms with Crippen LogP contribution in [0.15, 0.2) is 11.4 Å². The minimum atomic E-state index is 0.738. The summed E-state index contributed by atoms with van der Waals surface area (Å²) < 4.78 is 0. The third-order valence-electron chi connectivity index (χ3n) is 0.887. The molecule has 0 aromatic carbocycles.